The number of amides is 1. The number of hydrogen-bond acceptors (Lipinski definition) is 8. The van der Waals surface area contributed by atoms with Crippen molar-refractivity contribution in [3.8, 4) is 17.3 Å². The molecule has 1 N–H and O–H groups in total. The number of para-hydroxylation sites is 1. The number of furan rings is 1. The average molecular weight is 541 g/mol. The number of thioether (sulfide) groups is 1. The molecule has 0 aliphatic rings. The smallest absolute Gasteiger partial charge is 0.338 e. The lowest BCUT2D eigenvalue weighted by molar-refractivity contribution is -0.113. The maximum atomic E-state index is 12.7. The first-order valence-corrected chi connectivity index (χ1v) is 12.7. The van der Waals surface area contributed by atoms with Gasteiger partial charge in [0.25, 0.3) is 0 Å². The van der Waals surface area contributed by atoms with Gasteiger partial charge in [-0.15, -0.1) is 16.8 Å². The summed E-state index contributed by atoms with van der Waals surface area (Å²) in [4.78, 5) is 24.9. The Balaban J connectivity index is 1.50. The van der Waals surface area contributed by atoms with Crippen molar-refractivity contribution in [2.24, 2.45) is 0 Å². The van der Waals surface area contributed by atoms with Crippen molar-refractivity contribution in [2.75, 3.05) is 18.2 Å². The molecule has 0 radical (unpaired) electrons. The van der Waals surface area contributed by atoms with E-state index in [0.717, 1.165) is 5.39 Å². The fraction of sp³-hybridized carbons (Fsp3) is 0.231. The highest BCUT2D eigenvalue weighted by Gasteiger charge is 2.20. The van der Waals surface area contributed by atoms with Crippen molar-refractivity contribution in [3.05, 3.63) is 65.7 Å². The van der Waals surface area contributed by atoms with Crippen LogP contribution in [0.4, 0.5) is 5.69 Å². The lowest BCUT2D eigenvalue weighted by atomic mass is 10.2. The molecule has 4 rings (SSSR count). The fourth-order valence-corrected chi connectivity index (χ4v) is 4.44. The van der Waals surface area contributed by atoms with E-state index in [1.54, 1.807) is 33.1 Å². The highest BCUT2D eigenvalue weighted by atomic mass is 35.5. The number of ether oxygens (including phenoxy) is 2. The van der Waals surface area contributed by atoms with Crippen LogP contribution in [-0.2, 0) is 16.1 Å². The molecule has 0 saturated heterocycles. The summed E-state index contributed by atoms with van der Waals surface area (Å²) in [6.45, 7) is 7.74. The maximum absolute atomic E-state index is 12.7. The summed E-state index contributed by atoms with van der Waals surface area (Å²) < 4.78 is 18.4. The molecule has 192 valence electrons. The molecule has 2 aromatic carbocycles. The van der Waals surface area contributed by atoms with Crippen molar-refractivity contribution in [1.29, 1.82) is 0 Å². The highest BCUT2D eigenvalue weighted by Crippen LogP contribution is 2.34. The predicted molar refractivity (Wildman–Crippen MR) is 143 cm³/mol. The first kappa shape index (κ1) is 26.3. The molecule has 0 spiro atoms. The van der Waals surface area contributed by atoms with Gasteiger partial charge in [0.1, 0.15) is 0 Å². The summed E-state index contributed by atoms with van der Waals surface area (Å²) in [5.41, 5.74) is 1.21. The van der Waals surface area contributed by atoms with E-state index in [1.807, 2.05) is 28.8 Å². The minimum absolute atomic E-state index is 0.0280. The van der Waals surface area contributed by atoms with Gasteiger partial charge in [-0.3, -0.25) is 9.36 Å². The number of nitrogens with zero attached hydrogens (tertiary/aromatic N) is 3. The number of methoxy groups -OCH3 is 1. The van der Waals surface area contributed by atoms with Gasteiger partial charge in [-0.2, -0.15) is 0 Å². The number of carbonyl (C=O) groups is 2. The van der Waals surface area contributed by atoms with E-state index in [1.165, 1.54) is 23.9 Å². The van der Waals surface area contributed by atoms with Crippen LogP contribution in [0.2, 0.25) is 5.02 Å². The summed E-state index contributed by atoms with van der Waals surface area (Å²) in [5, 5.41) is 13.0. The van der Waals surface area contributed by atoms with Gasteiger partial charge in [0.15, 0.2) is 22.2 Å². The predicted octanol–water partition coefficient (Wildman–Crippen LogP) is 5.84. The van der Waals surface area contributed by atoms with Crippen molar-refractivity contribution >= 4 is 51.9 Å². The third kappa shape index (κ3) is 5.98. The molecule has 11 heteroatoms. The molecule has 2 aromatic heterocycles. The molecule has 0 aliphatic heterocycles. The molecule has 4 aromatic rings. The largest absolute Gasteiger partial charge is 0.493 e. The number of allylic oxidation sites excluding steroid dienone is 1. The summed E-state index contributed by atoms with van der Waals surface area (Å²) in [5.74, 6) is 0.835. The number of hydrogen-bond donors (Lipinski definition) is 1. The van der Waals surface area contributed by atoms with E-state index in [-0.39, 0.29) is 17.8 Å². The average Bonchev–Trinajstić information content (AvgIpc) is 3.47. The second-order valence-corrected chi connectivity index (χ2v) is 9.53. The SMILES string of the molecule is C=CCn1c(SCC(=O)Nc2cc(C(=O)OC(C)C)ccc2Cl)nnc1-c1cc2cccc(OC)c2o1. The number of carbonyl (C=O) groups excluding carboxylic acids is 2. The van der Waals surface area contributed by atoms with Gasteiger partial charge in [-0.25, -0.2) is 4.79 Å². The number of anilines is 1. The monoisotopic (exact) mass is 540 g/mol. The van der Waals surface area contributed by atoms with E-state index >= 15 is 0 Å². The standard InChI is InChI=1S/C26H25ClN4O5S/c1-5-11-31-24(21-13-16-7-6-8-20(34-4)23(16)36-21)29-30-26(31)37-14-22(32)28-19-12-17(9-10-18(19)27)25(33)35-15(2)3/h5-10,12-13,15H,1,11,14H2,2-4H3,(H,28,32). The molecular formula is C26H25ClN4O5S. The number of aromatic nitrogens is 3. The molecule has 0 atom stereocenters. The van der Waals surface area contributed by atoms with E-state index in [9.17, 15) is 9.59 Å². The highest BCUT2D eigenvalue weighted by molar-refractivity contribution is 7.99. The molecule has 2 heterocycles. The van der Waals surface area contributed by atoms with Gasteiger partial charge in [-0.05, 0) is 44.2 Å². The third-order valence-corrected chi connectivity index (χ3v) is 6.42. The number of esters is 1. The maximum Gasteiger partial charge on any atom is 0.338 e. The molecule has 0 bridgehead atoms. The van der Waals surface area contributed by atoms with Crippen LogP contribution >= 0.6 is 23.4 Å². The zero-order valence-electron chi connectivity index (χ0n) is 20.5. The minimum atomic E-state index is -0.496. The number of nitrogens with one attached hydrogen (secondary N) is 1. The van der Waals surface area contributed by atoms with Crippen molar-refractivity contribution < 1.29 is 23.5 Å². The van der Waals surface area contributed by atoms with Gasteiger partial charge in [0, 0.05) is 11.9 Å². The zero-order valence-corrected chi connectivity index (χ0v) is 22.1. The van der Waals surface area contributed by atoms with Crippen LogP contribution in [0.1, 0.15) is 24.2 Å². The Labute approximate surface area is 222 Å². The first-order valence-electron chi connectivity index (χ1n) is 11.3. The third-order valence-electron chi connectivity index (χ3n) is 5.13. The minimum Gasteiger partial charge on any atom is -0.493 e. The van der Waals surface area contributed by atoms with Crippen LogP contribution in [0.15, 0.2) is 64.7 Å². The molecule has 9 nitrogen and oxygen atoms in total. The number of fused-ring (bicyclic) bond motifs is 1. The number of rotatable bonds is 10. The molecular weight excluding hydrogens is 516 g/mol. The Kier molecular flexibility index (Phi) is 8.20. The van der Waals surface area contributed by atoms with E-state index < -0.39 is 5.97 Å². The van der Waals surface area contributed by atoms with E-state index in [4.69, 9.17) is 25.5 Å². The van der Waals surface area contributed by atoms with Crippen molar-refractivity contribution in [1.82, 2.24) is 14.8 Å². The summed E-state index contributed by atoms with van der Waals surface area (Å²) in [6, 6.07) is 12.1. The van der Waals surface area contributed by atoms with Crippen LogP contribution in [0.25, 0.3) is 22.6 Å². The Morgan fingerprint density at radius 2 is 2.05 bits per heavy atom. The van der Waals surface area contributed by atoms with Crippen LogP contribution < -0.4 is 10.1 Å². The Morgan fingerprint density at radius 1 is 1.24 bits per heavy atom. The van der Waals surface area contributed by atoms with Crippen LogP contribution in [-0.4, -0.2) is 45.6 Å². The number of halogens is 1. The fourth-order valence-electron chi connectivity index (χ4n) is 3.53. The van der Waals surface area contributed by atoms with Gasteiger partial charge in [0.05, 0.1) is 35.2 Å². The Hall–Kier alpha value is -3.76. The molecule has 0 fully saturated rings. The van der Waals surface area contributed by atoms with Gasteiger partial charge in [0.2, 0.25) is 11.7 Å². The van der Waals surface area contributed by atoms with Gasteiger partial charge < -0.3 is 19.2 Å². The second-order valence-electron chi connectivity index (χ2n) is 8.18. The van der Waals surface area contributed by atoms with Crippen molar-refractivity contribution in [2.45, 2.75) is 31.7 Å². The molecule has 37 heavy (non-hydrogen) atoms. The van der Waals surface area contributed by atoms with Gasteiger partial charge >= 0.3 is 5.97 Å². The van der Waals surface area contributed by atoms with Crippen LogP contribution in [0.3, 0.4) is 0 Å². The lowest BCUT2D eigenvalue weighted by Crippen LogP contribution is -2.16. The molecule has 0 aliphatic carbocycles. The molecule has 0 unspecified atom stereocenters. The zero-order chi connectivity index (χ0) is 26.5. The van der Waals surface area contributed by atoms with E-state index in [2.05, 4.69) is 22.1 Å². The normalized spacial score (nSPS) is 11.1. The summed E-state index contributed by atoms with van der Waals surface area (Å²) >= 11 is 7.43. The van der Waals surface area contributed by atoms with E-state index in [0.29, 0.717) is 50.9 Å². The summed E-state index contributed by atoms with van der Waals surface area (Å²) in [6.07, 6.45) is 1.44. The van der Waals surface area contributed by atoms with Crippen LogP contribution in [0, 0.1) is 0 Å². The van der Waals surface area contributed by atoms with Crippen molar-refractivity contribution in [3.63, 3.8) is 0 Å². The molecule has 0 saturated carbocycles. The number of benzene rings is 2. The summed E-state index contributed by atoms with van der Waals surface area (Å²) in [7, 11) is 1.58. The Bertz CT molecular complexity index is 1460. The van der Waals surface area contributed by atoms with Crippen LogP contribution in [0.5, 0.6) is 5.75 Å². The first-order chi connectivity index (χ1) is 17.8. The quantitative estimate of drug-likeness (QED) is 0.152. The second kappa shape index (κ2) is 11.5. The Morgan fingerprint density at radius 3 is 2.78 bits per heavy atom. The molecule has 1 amide bonds. The topological polar surface area (TPSA) is 108 Å². The van der Waals surface area contributed by atoms with Gasteiger partial charge in [-0.1, -0.05) is 41.6 Å². The lowest BCUT2D eigenvalue weighted by Gasteiger charge is -2.11.